The molecule has 0 radical (unpaired) electrons. The Bertz CT molecular complexity index is 1030. The zero-order chi connectivity index (χ0) is 20.9. The molecule has 0 unspecified atom stereocenters. The highest BCUT2D eigenvalue weighted by Crippen LogP contribution is 2.19. The first-order valence-electron chi connectivity index (χ1n) is 9.60. The Morgan fingerprint density at radius 2 is 1.77 bits per heavy atom. The van der Waals surface area contributed by atoms with Crippen LogP contribution in [-0.2, 0) is 11.3 Å². The van der Waals surface area contributed by atoms with Gasteiger partial charge in [0, 0.05) is 42.8 Å². The number of piperazine rings is 1. The lowest BCUT2D eigenvalue weighted by Gasteiger charge is -2.33. The molecule has 0 atom stereocenters. The van der Waals surface area contributed by atoms with Gasteiger partial charge in [0.1, 0.15) is 5.82 Å². The van der Waals surface area contributed by atoms with Crippen molar-refractivity contribution in [2.24, 2.45) is 0 Å². The van der Waals surface area contributed by atoms with Crippen molar-refractivity contribution < 1.29 is 13.7 Å². The van der Waals surface area contributed by atoms with Crippen LogP contribution in [0.15, 0.2) is 59.1 Å². The number of carbonyl (C=O) groups excluding carboxylic acids is 1. The van der Waals surface area contributed by atoms with Crippen LogP contribution < -0.4 is 0 Å². The number of hydrogen-bond donors (Lipinski definition) is 0. The highest BCUT2D eigenvalue weighted by atomic mass is 35.5. The van der Waals surface area contributed by atoms with Gasteiger partial charge in [0.15, 0.2) is 0 Å². The normalized spacial score (nSPS) is 15.1. The summed E-state index contributed by atoms with van der Waals surface area (Å²) in [6, 6.07) is 13.3. The van der Waals surface area contributed by atoms with Crippen LogP contribution in [0.3, 0.4) is 0 Å². The van der Waals surface area contributed by atoms with Gasteiger partial charge in [0.25, 0.3) is 0 Å². The molecule has 0 bridgehead atoms. The molecule has 0 spiro atoms. The van der Waals surface area contributed by atoms with E-state index < -0.39 is 0 Å². The number of benzene rings is 2. The first-order chi connectivity index (χ1) is 14.6. The van der Waals surface area contributed by atoms with Crippen molar-refractivity contribution in [2.75, 3.05) is 26.2 Å². The Hall–Kier alpha value is -3.03. The highest BCUT2D eigenvalue weighted by Gasteiger charge is 2.21. The maximum absolute atomic E-state index is 12.9. The van der Waals surface area contributed by atoms with Gasteiger partial charge in [-0.25, -0.2) is 4.39 Å². The minimum absolute atomic E-state index is 0.0539. The predicted molar refractivity (Wildman–Crippen MR) is 112 cm³/mol. The largest absolute Gasteiger partial charge is 0.338 e. The second-order valence-corrected chi connectivity index (χ2v) is 7.44. The first-order valence-corrected chi connectivity index (χ1v) is 9.98. The van der Waals surface area contributed by atoms with Crippen molar-refractivity contribution in [3.8, 4) is 11.4 Å². The van der Waals surface area contributed by atoms with Gasteiger partial charge in [-0.15, -0.1) is 0 Å². The van der Waals surface area contributed by atoms with Crippen LogP contribution in [0, 0.1) is 5.82 Å². The third kappa shape index (κ3) is 5.11. The minimum atomic E-state index is -0.295. The molecule has 2 heterocycles. The number of nitrogens with zero attached hydrogens (tertiary/aromatic N) is 4. The summed E-state index contributed by atoms with van der Waals surface area (Å²) in [5.41, 5.74) is 1.63. The van der Waals surface area contributed by atoms with Crippen molar-refractivity contribution in [2.45, 2.75) is 6.54 Å². The maximum Gasteiger partial charge on any atom is 0.246 e. The highest BCUT2D eigenvalue weighted by molar-refractivity contribution is 6.30. The van der Waals surface area contributed by atoms with E-state index in [2.05, 4.69) is 15.0 Å². The summed E-state index contributed by atoms with van der Waals surface area (Å²) >= 11 is 5.91. The fourth-order valence-corrected chi connectivity index (χ4v) is 3.33. The van der Waals surface area contributed by atoms with Crippen molar-refractivity contribution in [1.29, 1.82) is 0 Å². The molecule has 8 heteroatoms. The van der Waals surface area contributed by atoms with Gasteiger partial charge in [-0.1, -0.05) is 28.9 Å². The van der Waals surface area contributed by atoms with Gasteiger partial charge in [-0.3, -0.25) is 9.69 Å². The second kappa shape index (κ2) is 9.19. The maximum atomic E-state index is 12.9. The van der Waals surface area contributed by atoms with E-state index in [1.54, 1.807) is 35.2 Å². The van der Waals surface area contributed by atoms with Gasteiger partial charge in [0.05, 0.1) is 6.54 Å². The van der Waals surface area contributed by atoms with E-state index in [1.807, 2.05) is 12.1 Å². The van der Waals surface area contributed by atoms with E-state index in [0.29, 0.717) is 36.4 Å². The third-order valence-corrected chi connectivity index (χ3v) is 5.15. The molecule has 0 saturated carbocycles. The van der Waals surface area contributed by atoms with Crippen molar-refractivity contribution in [1.82, 2.24) is 19.9 Å². The fraction of sp³-hybridized carbons (Fsp3) is 0.227. The first kappa shape index (κ1) is 20.3. The number of carbonyl (C=O) groups is 1. The molecule has 1 aromatic heterocycles. The molecule has 0 N–H and O–H groups in total. The van der Waals surface area contributed by atoms with Gasteiger partial charge in [-0.05, 0) is 48.0 Å². The van der Waals surface area contributed by atoms with Crippen LogP contribution in [0.4, 0.5) is 4.39 Å². The number of halogens is 2. The molecule has 1 saturated heterocycles. The smallest absolute Gasteiger partial charge is 0.246 e. The Balaban J connectivity index is 1.28. The Labute approximate surface area is 178 Å². The third-order valence-electron chi connectivity index (χ3n) is 4.90. The van der Waals surface area contributed by atoms with E-state index in [1.165, 1.54) is 18.2 Å². The van der Waals surface area contributed by atoms with Gasteiger partial charge >= 0.3 is 0 Å². The molecule has 30 heavy (non-hydrogen) atoms. The van der Waals surface area contributed by atoms with Crippen molar-refractivity contribution in [3.63, 3.8) is 0 Å². The minimum Gasteiger partial charge on any atom is -0.338 e. The van der Waals surface area contributed by atoms with E-state index in [4.69, 9.17) is 16.1 Å². The summed E-state index contributed by atoms with van der Waals surface area (Å²) in [4.78, 5) is 20.8. The number of amides is 1. The predicted octanol–water partition coefficient (Wildman–Crippen LogP) is 3.89. The fourth-order valence-electron chi connectivity index (χ4n) is 3.20. The molecular weight excluding hydrogens is 407 g/mol. The monoisotopic (exact) mass is 426 g/mol. The summed E-state index contributed by atoms with van der Waals surface area (Å²) in [6.45, 7) is 3.20. The van der Waals surface area contributed by atoms with E-state index >= 15 is 0 Å². The van der Waals surface area contributed by atoms with Crippen molar-refractivity contribution in [3.05, 3.63) is 76.9 Å². The van der Waals surface area contributed by atoms with Gasteiger partial charge in [0.2, 0.25) is 17.6 Å². The van der Waals surface area contributed by atoms with Crippen LogP contribution in [0.25, 0.3) is 17.5 Å². The van der Waals surface area contributed by atoms with Crippen LogP contribution in [-0.4, -0.2) is 52.0 Å². The second-order valence-electron chi connectivity index (χ2n) is 7.00. The lowest BCUT2D eigenvalue weighted by Crippen LogP contribution is -2.47. The summed E-state index contributed by atoms with van der Waals surface area (Å²) in [7, 11) is 0. The van der Waals surface area contributed by atoms with E-state index in [0.717, 1.165) is 24.2 Å². The Morgan fingerprint density at radius 3 is 2.47 bits per heavy atom. The molecule has 1 fully saturated rings. The Morgan fingerprint density at radius 1 is 1.07 bits per heavy atom. The number of aromatic nitrogens is 2. The number of rotatable bonds is 5. The van der Waals surface area contributed by atoms with Gasteiger partial charge in [-0.2, -0.15) is 4.98 Å². The van der Waals surface area contributed by atoms with Gasteiger partial charge < -0.3 is 9.42 Å². The van der Waals surface area contributed by atoms with Crippen LogP contribution in [0.1, 0.15) is 11.5 Å². The van der Waals surface area contributed by atoms with Crippen molar-refractivity contribution >= 4 is 23.6 Å². The molecule has 6 nitrogen and oxygen atoms in total. The average Bonchev–Trinajstić information content (AvgIpc) is 3.22. The average molecular weight is 427 g/mol. The molecule has 1 aliphatic heterocycles. The van der Waals surface area contributed by atoms with E-state index in [9.17, 15) is 9.18 Å². The molecule has 1 aliphatic rings. The lowest BCUT2D eigenvalue weighted by molar-refractivity contribution is -0.127. The lowest BCUT2D eigenvalue weighted by atomic mass is 10.2. The molecule has 4 rings (SSSR count). The summed E-state index contributed by atoms with van der Waals surface area (Å²) in [5, 5.41) is 4.69. The molecule has 3 aromatic rings. The molecular formula is C22H20ClFN4O2. The van der Waals surface area contributed by atoms with Crippen LogP contribution >= 0.6 is 11.6 Å². The summed E-state index contributed by atoms with van der Waals surface area (Å²) in [6.07, 6.45) is 3.23. The zero-order valence-electron chi connectivity index (χ0n) is 16.2. The zero-order valence-corrected chi connectivity index (χ0v) is 16.9. The quantitative estimate of drug-likeness (QED) is 0.579. The Kier molecular flexibility index (Phi) is 6.21. The molecule has 0 aliphatic carbocycles. The SMILES string of the molecule is O=C(/C=C/c1ccc(F)cc1)N1CCN(Cc2nc(-c3ccc(Cl)cc3)no2)CC1. The summed E-state index contributed by atoms with van der Waals surface area (Å²) in [5.74, 6) is 0.718. The molecule has 154 valence electrons. The standard InChI is InChI=1S/C22H20ClFN4O2/c23-18-6-4-17(5-7-18)22-25-20(30-26-22)15-27-11-13-28(14-12-27)21(29)10-3-16-1-8-19(24)9-2-16/h1-10H,11-15H2/b10-3+. The van der Waals surface area contributed by atoms with Crippen LogP contribution in [0.5, 0.6) is 0 Å². The number of hydrogen-bond acceptors (Lipinski definition) is 5. The summed E-state index contributed by atoms with van der Waals surface area (Å²) < 4.78 is 18.3. The molecule has 2 aromatic carbocycles. The molecule has 1 amide bonds. The van der Waals surface area contributed by atoms with Crippen LogP contribution in [0.2, 0.25) is 5.02 Å². The van der Waals surface area contributed by atoms with E-state index in [-0.39, 0.29) is 11.7 Å². The topological polar surface area (TPSA) is 62.5 Å².